The molecule has 2 aromatic rings. The fourth-order valence-electron chi connectivity index (χ4n) is 5.28. The maximum Gasteiger partial charge on any atom is 0.213 e. The second-order valence-corrected chi connectivity index (χ2v) is 8.84. The molecule has 3 nitrogen and oxygen atoms in total. The first-order valence-electron chi connectivity index (χ1n) is 10.4. The molecule has 142 valence electrons. The number of nitrogens with one attached hydrogen (secondary N) is 1. The lowest BCUT2D eigenvalue weighted by Gasteiger charge is -2.41. The quantitative estimate of drug-likeness (QED) is 0.710. The summed E-state index contributed by atoms with van der Waals surface area (Å²) < 4.78 is 13.0. The van der Waals surface area contributed by atoms with Crippen LogP contribution >= 0.6 is 0 Å². The number of rotatable bonds is 2. The van der Waals surface area contributed by atoms with Gasteiger partial charge in [0.05, 0.1) is 12.6 Å². The van der Waals surface area contributed by atoms with Gasteiger partial charge >= 0.3 is 0 Å². The molecule has 0 amide bonds. The van der Waals surface area contributed by atoms with Crippen molar-refractivity contribution in [1.29, 1.82) is 0 Å². The van der Waals surface area contributed by atoms with E-state index in [1.807, 2.05) is 0 Å². The third-order valence-corrected chi connectivity index (χ3v) is 6.70. The maximum absolute atomic E-state index is 6.53. The zero-order valence-corrected chi connectivity index (χ0v) is 16.2. The van der Waals surface area contributed by atoms with Crippen LogP contribution in [0.3, 0.4) is 0 Å². The van der Waals surface area contributed by atoms with Gasteiger partial charge in [-0.1, -0.05) is 55.2 Å². The van der Waals surface area contributed by atoms with Crippen molar-refractivity contribution < 1.29 is 9.47 Å². The third kappa shape index (κ3) is 3.23. The van der Waals surface area contributed by atoms with E-state index in [2.05, 4.69) is 60.8 Å². The largest absolute Gasteiger partial charge is 0.462 e. The predicted octanol–water partition coefficient (Wildman–Crippen LogP) is 6.00. The summed E-state index contributed by atoms with van der Waals surface area (Å²) in [7, 11) is 0. The molecule has 1 saturated carbocycles. The molecule has 0 unspecified atom stereocenters. The van der Waals surface area contributed by atoms with Gasteiger partial charge in [0.25, 0.3) is 0 Å². The van der Waals surface area contributed by atoms with Gasteiger partial charge in [-0.15, -0.1) is 0 Å². The van der Waals surface area contributed by atoms with Crippen molar-refractivity contribution in [3.63, 3.8) is 0 Å². The number of hydrogen-bond acceptors (Lipinski definition) is 3. The van der Waals surface area contributed by atoms with Crippen molar-refractivity contribution >= 4 is 5.69 Å². The first-order valence-corrected chi connectivity index (χ1v) is 10.4. The van der Waals surface area contributed by atoms with E-state index in [9.17, 15) is 0 Å². The summed E-state index contributed by atoms with van der Waals surface area (Å²) in [6, 6.07) is 17.3. The van der Waals surface area contributed by atoms with Crippen molar-refractivity contribution in [3.8, 4) is 5.75 Å². The average Bonchev–Trinajstić information content (AvgIpc) is 3.01. The molecule has 2 heterocycles. The van der Waals surface area contributed by atoms with Crippen LogP contribution in [0.4, 0.5) is 5.69 Å². The molecular weight excluding hydrogens is 334 g/mol. The molecule has 2 fully saturated rings. The van der Waals surface area contributed by atoms with Crippen molar-refractivity contribution in [2.24, 2.45) is 5.41 Å². The van der Waals surface area contributed by atoms with Crippen LogP contribution in [0.1, 0.15) is 62.1 Å². The average molecular weight is 364 g/mol. The molecule has 0 aromatic heterocycles. The summed E-state index contributed by atoms with van der Waals surface area (Å²) in [6.07, 6.45) is 8.50. The smallest absolute Gasteiger partial charge is 0.213 e. The van der Waals surface area contributed by atoms with Gasteiger partial charge in [0.2, 0.25) is 5.79 Å². The lowest BCUT2D eigenvalue weighted by Crippen LogP contribution is -2.43. The van der Waals surface area contributed by atoms with E-state index in [0.717, 1.165) is 30.9 Å². The van der Waals surface area contributed by atoms with Crippen molar-refractivity contribution in [2.45, 2.75) is 63.7 Å². The number of para-hydroxylation sites is 1. The molecule has 1 N–H and O–H groups in total. The Labute approximate surface area is 162 Å². The van der Waals surface area contributed by atoms with Crippen molar-refractivity contribution in [1.82, 2.24) is 0 Å². The van der Waals surface area contributed by atoms with Gasteiger partial charge < -0.3 is 14.8 Å². The molecule has 2 aromatic carbocycles. The van der Waals surface area contributed by atoms with E-state index in [0.29, 0.717) is 5.41 Å². The fraction of sp³-hybridized carbons (Fsp3) is 0.500. The second kappa shape index (κ2) is 6.56. The SMILES string of the molecule is Cc1ccc(N[C@@H]2C[C@@]3(CC4(CCCCC4)CO3)Oc3ccccc32)cc1. The molecule has 5 rings (SSSR count). The molecule has 0 bridgehead atoms. The van der Waals surface area contributed by atoms with Gasteiger partial charge in [-0.2, -0.15) is 0 Å². The number of anilines is 1. The summed E-state index contributed by atoms with van der Waals surface area (Å²) >= 11 is 0. The number of hydrogen-bond donors (Lipinski definition) is 1. The minimum Gasteiger partial charge on any atom is -0.462 e. The van der Waals surface area contributed by atoms with Gasteiger partial charge in [-0.25, -0.2) is 0 Å². The van der Waals surface area contributed by atoms with Crippen LogP contribution in [-0.4, -0.2) is 12.4 Å². The summed E-state index contributed by atoms with van der Waals surface area (Å²) in [4.78, 5) is 0. The third-order valence-electron chi connectivity index (χ3n) is 6.70. The number of aryl methyl sites for hydroxylation is 1. The minimum absolute atomic E-state index is 0.205. The van der Waals surface area contributed by atoms with Crippen LogP contribution < -0.4 is 10.1 Å². The molecular formula is C24H29NO2. The Bertz CT molecular complexity index is 809. The van der Waals surface area contributed by atoms with Crippen LogP contribution in [-0.2, 0) is 4.74 Å². The van der Waals surface area contributed by atoms with E-state index in [4.69, 9.17) is 9.47 Å². The van der Waals surface area contributed by atoms with Gasteiger partial charge in [-0.05, 0) is 38.0 Å². The molecule has 1 saturated heterocycles. The highest BCUT2D eigenvalue weighted by Crippen LogP contribution is 2.54. The van der Waals surface area contributed by atoms with Crippen LogP contribution in [0.2, 0.25) is 0 Å². The zero-order valence-electron chi connectivity index (χ0n) is 16.2. The second-order valence-electron chi connectivity index (χ2n) is 8.84. The first-order chi connectivity index (χ1) is 13.2. The van der Waals surface area contributed by atoms with E-state index < -0.39 is 5.79 Å². The normalized spacial score (nSPS) is 28.7. The fourth-order valence-corrected chi connectivity index (χ4v) is 5.28. The zero-order chi connectivity index (χ0) is 18.3. The minimum atomic E-state index is -0.478. The summed E-state index contributed by atoms with van der Waals surface area (Å²) in [5, 5.41) is 3.75. The van der Waals surface area contributed by atoms with Crippen molar-refractivity contribution in [2.75, 3.05) is 11.9 Å². The van der Waals surface area contributed by atoms with Crippen LogP contribution in [0.5, 0.6) is 5.75 Å². The maximum atomic E-state index is 6.53. The van der Waals surface area contributed by atoms with Crippen LogP contribution in [0.15, 0.2) is 48.5 Å². The van der Waals surface area contributed by atoms with Crippen LogP contribution in [0, 0.1) is 12.3 Å². The van der Waals surface area contributed by atoms with E-state index in [1.165, 1.54) is 43.2 Å². The molecule has 2 spiro atoms. The Balaban J connectivity index is 1.44. The molecule has 2 aliphatic heterocycles. The van der Waals surface area contributed by atoms with E-state index in [-0.39, 0.29) is 6.04 Å². The van der Waals surface area contributed by atoms with E-state index in [1.54, 1.807) is 0 Å². The molecule has 27 heavy (non-hydrogen) atoms. The number of ether oxygens (including phenoxy) is 2. The molecule has 1 aliphatic carbocycles. The Hall–Kier alpha value is -2.00. The van der Waals surface area contributed by atoms with Gasteiger partial charge in [0.1, 0.15) is 5.75 Å². The monoisotopic (exact) mass is 363 g/mol. The summed E-state index contributed by atoms with van der Waals surface area (Å²) in [6.45, 7) is 2.98. The van der Waals surface area contributed by atoms with Gasteiger partial charge in [-0.3, -0.25) is 0 Å². The summed E-state index contributed by atoms with van der Waals surface area (Å²) in [5.41, 5.74) is 4.00. The molecule has 2 atom stereocenters. The highest BCUT2D eigenvalue weighted by molar-refractivity contribution is 5.50. The molecule has 3 heteroatoms. The predicted molar refractivity (Wildman–Crippen MR) is 108 cm³/mol. The highest BCUT2D eigenvalue weighted by atomic mass is 16.7. The summed E-state index contributed by atoms with van der Waals surface area (Å²) in [5.74, 6) is 0.495. The molecule has 3 aliphatic rings. The Morgan fingerprint density at radius 3 is 2.56 bits per heavy atom. The Morgan fingerprint density at radius 2 is 1.74 bits per heavy atom. The first kappa shape index (κ1) is 17.1. The van der Waals surface area contributed by atoms with Crippen molar-refractivity contribution in [3.05, 3.63) is 59.7 Å². The van der Waals surface area contributed by atoms with Gasteiger partial charge in [0, 0.05) is 29.5 Å². The lowest BCUT2D eigenvalue weighted by molar-refractivity contribution is -0.164. The lowest BCUT2D eigenvalue weighted by atomic mass is 9.71. The van der Waals surface area contributed by atoms with Crippen LogP contribution in [0.25, 0.3) is 0 Å². The van der Waals surface area contributed by atoms with E-state index >= 15 is 0 Å². The standard InChI is InChI=1S/C24H29NO2/c1-18-9-11-19(12-10-18)25-21-15-24(27-22-8-4-3-7-20(21)22)16-23(17-26-24)13-5-2-6-14-23/h3-4,7-12,21,25H,2,5-6,13-17H2,1H3/t21-,24+/m1/s1. The Kier molecular flexibility index (Phi) is 4.16. The Morgan fingerprint density at radius 1 is 0.963 bits per heavy atom. The number of benzene rings is 2. The number of fused-ring (bicyclic) bond motifs is 1. The highest BCUT2D eigenvalue weighted by Gasteiger charge is 2.54. The molecule has 0 radical (unpaired) electrons. The topological polar surface area (TPSA) is 30.5 Å². The van der Waals surface area contributed by atoms with Gasteiger partial charge in [0.15, 0.2) is 0 Å².